The fourth-order valence-electron chi connectivity index (χ4n) is 7.29. The minimum atomic E-state index is -0.743. The van der Waals surface area contributed by atoms with Crippen LogP contribution in [0.3, 0.4) is 0 Å². The van der Waals surface area contributed by atoms with Crippen molar-refractivity contribution in [3.05, 3.63) is 46.8 Å². The van der Waals surface area contributed by atoms with Crippen LogP contribution >= 0.6 is 24.8 Å². The Labute approximate surface area is 274 Å². The molecule has 3 heterocycles. The normalized spacial score (nSPS) is 20.5. The second-order valence-corrected chi connectivity index (χ2v) is 12.6. The van der Waals surface area contributed by atoms with Gasteiger partial charge in [0.1, 0.15) is 11.6 Å². The highest BCUT2D eigenvalue weighted by Crippen LogP contribution is 2.36. The van der Waals surface area contributed by atoms with Gasteiger partial charge in [0, 0.05) is 50.0 Å². The summed E-state index contributed by atoms with van der Waals surface area (Å²) in [6.07, 6.45) is 10.1. The van der Waals surface area contributed by atoms with Gasteiger partial charge < -0.3 is 15.5 Å². The molecule has 2 saturated heterocycles. The third kappa shape index (κ3) is 7.26. The van der Waals surface area contributed by atoms with Crippen LogP contribution in [-0.2, 0) is 16.1 Å². The van der Waals surface area contributed by atoms with Crippen molar-refractivity contribution in [3.63, 3.8) is 0 Å². The van der Waals surface area contributed by atoms with Gasteiger partial charge in [-0.15, -0.1) is 24.8 Å². The molecule has 11 heteroatoms. The lowest BCUT2D eigenvalue weighted by Crippen LogP contribution is -2.73. The van der Waals surface area contributed by atoms with Crippen LogP contribution < -0.4 is 10.6 Å². The lowest BCUT2D eigenvalue weighted by molar-refractivity contribution is -0.162. The van der Waals surface area contributed by atoms with Gasteiger partial charge in [-0.3, -0.25) is 19.3 Å². The van der Waals surface area contributed by atoms with Crippen LogP contribution in [0.15, 0.2) is 24.3 Å². The number of likely N-dealkylation sites (tertiary alicyclic amines) is 1. The smallest absolute Gasteiger partial charge is 0.251 e. The summed E-state index contributed by atoms with van der Waals surface area (Å²) in [6.45, 7) is 9.18. The van der Waals surface area contributed by atoms with Gasteiger partial charge in [-0.25, -0.2) is 4.68 Å². The Morgan fingerprint density at radius 2 is 1.70 bits per heavy atom. The molecule has 44 heavy (non-hydrogen) atoms. The number of aromatic nitrogens is 2. The summed E-state index contributed by atoms with van der Waals surface area (Å²) in [7, 11) is 1.63. The zero-order valence-electron chi connectivity index (χ0n) is 26.7. The van der Waals surface area contributed by atoms with Crippen molar-refractivity contribution in [2.24, 2.45) is 5.92 Å². The highest BCUT2D eigenvalue weighted by Gasteiger charge is 2.53. The number of benzene rings is 1. The predicted molar refractivity (Wildman–Crippen MR) is 178 cm³/mol. The van der Waals surface area contributed by atoms with Gasteiger partial charge in [-0.1, -0.05) is 45.4 Å². The minimum Gasteiger partial charge on any atom is -0.355 e. The molecule has 3 aliphatic rings. The Balaban J connectivity index is 0.00000264. The third-order valence-electron chi connectivity index (χ3n) is 9.95. The summed E-state index contributed by atoms with van der Waals surface area (Å²) in [5.41, 5.74) is 4.01. The molecule has 3 amide bonds. The Morgan fingerprint density at radius 3 is 2.32 bits per heavy atom. The minimum absolute atomic E-state index is 0. The van der Waals surface area contributed by atoms with E-state index >= 15 is 0 Å². The highest BCUT2D eigenvalue weighted by molar-refractivity contribution is 6.00. The molecule has 1 saturated carbocycles. The van der Waals surface area contributed by atoms with Crippen molar-refractivity contribution in [2.75, 3.05) is 26.7 Å². The van der Waals surface area contributed by atoms with Crippen molar-refractivity contribution in [1.82, 2.24) is 30.2 Å². The number of piperazine rings is 1. The number of nitrogens with zero attached hydrogens (tertiary/aromatic N) is 4. The molecule has 2 aliphatic heterocycles. The molecule has 2 aromatic rings. The standard InChI is InChI=1S/C33H48N6O3.2ClH/c1-5-6-18-38-31(41)29(21-25-10-8-7-9-11-25)35-32(42)33(38)16-19-37(20-17-33)22-28-23(2)36-39(24(28)3)27-14-12-26(13-15-27)30(40)34-4;;/h12-15,25,29H,5-11,16-22H2,1-4H3,(H,34,40)(H,35,42);2*1H/t29-;;/m0../s1. The average molecular weight is 650 g/mol. The van der Waals surface area contributed by atoms with Crippen molar-refractivity contribution in [2.45, 2.75) is 103 Å². The number of carbonyl (C=O) groups is 3. The molecule has 0 bridgehead atoms. The third-order valence-corrected chi connectivity index (χ3v) is 9.95. The van der Waals surface area contributed by atoms with E-state index in [2.05, 4.69) is 29.4 Å². The van der Waals surface area contributed by atoms with E-state index in [-0.39, 0.29) is 48.6 Å². The fourth-order valence-corrected chi connectivity index (χ4v) is 7.29. The average Bonchev–Trinajstić information content (AvgIpc) is 3.29. The lowest BCUT2D eigenvalue weighted by atomic mass is 9.79. The molecule has 0 radical (unpaired) electrons. The molecule has 244 valence electrons. The molecular weight excluding hydrogens is 599 g/mol. The Bertz CT molecular complexity index is 1280. The number of nitrogens with one attached hydrogen (secondary N) is 2. The Morgan fingerprint density at radius 1 is 1.05 bits per heavy atom. The molecule has 1 atom stereocenters. The molecule has 1 aliphatic carbocycles. The second-order valence-electron chi connectivity index (χ2n) is 12.6. The number of hydrogen-bond acceptors (Lipinski definition) is 5. The zero-order valence-corrected chi connectivity index (χ0v) is 28.3. The molecule has 1 aromatic heterocycles. The second kappa shape index (κ2) is 15.6. The maximum absolute atomic E-state index is 13.9. The number of unbranched alkanes of at least 4 members (excludes halogenated alkanes) is 1. The summed E-state index contributed by atoms with van der Waals surface area (Å²) >= 11 is 0. The summed E-state index contributed by atoms with van der Waals surface area (Å²) in [4.78, 5) is 44.0. The van der Waals surface area contributed by atoms with Crippen molar-refractivity contribution < 1.29 is 14.4 Å². The van der Waals surface area contributed by atoms with E-state index in [0.29, 0.717) is 30.9 Å². The summed E-state index contributed by atoms with van der Waals surface area (Å²) < 4.78 is 1.94. The largest absolute Gasteiger partial charge is 0.355 e. The molecule has 3 fully saturated rings. The molecule has 5 rings (SSSR count). The van der Waals surface area contributed by atoms with Gasteiger partial charge in [0.15, 0.2) is 0 Å². The summed E-state index contributed by atoms with van der Waals surface area (Å²) in [5, 5.41) is 10.7. The van der Waals surface area contributed by atoms with Crippen LogP contribution in [0.25, 0.3) is 5.69 Å². The van der Waals surface area contributed by atoms with Crippen LogP contribution in [0.4, 0.5) is 0 Å². The monoisotopic (exact) mass is 648 g/mol. The zero-order chi connectivity index (χ0) is 29.9. The number of hydrogen-bond donors (Lipinski definition) is 2. The lowest BCUT2D eigenvalue weighted by Gasteiger charge is -2.52. The fraction of sp³-hybridized carbons (Fsp3) is 0.636. The topological polar surface area (TPSA) is 99.6 Å². The van der Waals surface area contributed by atoms with E-state index in [9.17, 15) is 14.4 Å². The maximum Gasteiger partial charge on any atom is 0.251 e. The van der Waals surface area contributed by atoms with Gasteiger partial charge in [0.25, 0.3) is 5.91 Å². The summed E-state index contributed by atoms with van der Waals surface area (Å²) in [5.74, 6) is 0.620. The number of carbonyl (C=O) groups excluding carboxylic acids is 3. The van der Waals surface area contributed by atoms with Gasteiger partial charge in [0.05, 0.1) is 11.4 Å². The van der Waals surface area contributed by atoms with E-state index in [1.807, 2.05) is 40.8 Å². The van der Waals surface area contributed by atoms with Crippen LogP contribution in [-0.4, -0.2) is 75.6 Å². The van der Waals surface area contributed by atoms with Crippen LogP contribution in [0.2, 0.25) is 0 Å². The van der Waals surface area contributed by atoms with Crippen LogP contribution in [0, 0.1) is 19.8 Å². The first-order valence-corrected chi connectivity index (χ1v) is 16.0. The van der Waals surface area contributed by atoms with E-state index in [4.69, 9.17) is 5.10 Å². The number of piperidine rings is 1. The number of aryl methyl sites for hydroxylation is 1. The van der Waals surface area contributed by atoms with Crippen molar-refractivity contribution >= 4 is 42.5 Å². The maximum atomic E-state index is 13.9. The van der Waals surface area contributed by atoms with E-state index in [1.54, 1.807) is 7.05 Å². The quantitative estimate of drug-likeness (QED) is 0.393. The first-order valence-electron chi connectivity index (χ1n) is 16.0. The Hall–Kier alpha value is -2.62. The first-order chi connectivity index (χ1) is 20.3. The number of amides is 3. The van der Waals surface area contributed by atoms with Crippen molar-refractivity contribution in [3.8, 4) is 5.69 Å². The number of halogens is 2. The molecule has 2 N–H and O–H groups in total. The van der Waals surface area contributed by atoms with Gasteiger partial charge in [-0.05, 0) is 69.7 Å². The van der Waals surface area contributed by atoms with Gasteiger partial charge in [-0.2, -0.15) is 5.10 Å². The van der Waals surface area contributed by atoms with E-state index < -0.39 is 5.54 Å². The molecule has 0 unspecified atom stereocenters. The highest BCUT2D eigenvalue weighted by atomic mass is 35.5. The molecule has 1 spiro atoms. The van der Waals surface area contributed by atoms with Crippen LogP contribution in [0.1, 0.15) is 98.4 Å². The first kappa shape index (κ1) is 35.9. The van der Waals surface area contributed by atoms with Gasteiger partial charge >= 0.3 is 0 Å². The molecule has 1 aromatic carbocycles. The van der Waals surface area contributed by atoms with Crippen molar-refractivity contribution in [1.29, 1.82) is 0 Å². The molecule has 9 nitrogen and oxygen atoms in total. The predicted octanol–water partition coefficient (Wildman–Crippen LogP) is 5.12. The SMILES string of the molecule is CCCCN1C(=O)[C@H](CC2CCCCC2)NC(=O)C12CCN(Cc1c(C)nn(-c3ccc(C(=O)NC)cc3)c1C)CC2.Cl.Cl. The Kier molecular flexibility index (Phi) is 12.7. The van der Waals surface area contributed by atoms with Gasteiger partial charge in [0.2, 0.25) is 11.8 Å². The number of rotatable bonds is 9. The van der Waals surface area contributed by atoms with E-state index in [1.165, 1.54) is 37.7 Å². The van der Waals surface area contributed by atoms with E-state index in [0.717, 1.165) is 56.0 Å². The summed E-state index contributed by atoms with van der Waals surface area (Å²) in [6, 6.07) is 7.10. The van der Waals surface area contributed by atoms with Crippen LogP contribution in [0.5, 0.6) is 0 Å². The molecular formula is C33H50Cl2N6O3.